The monoisotopic (exact) mass is 337 g/mol. The molecule has 0 unspecified atom stereocenters. The van der Waals surface area contributed by atoms with E-state index < -0.39 is 17.8 Å². The fraction of sp³-hybridized carbons (Fsp3) is 0.300. The van der Waals surface area contributed by atoms with Gasteiger partial charge >= 0.3 is 5.97 Å². The number of carboxylic acids is 1. The number of nitrogens with zero attached hydrogens (tertiary/aromatic N) is 1. The highest BCUT2D eigenvalue weighted by Gasteiger charge is 2.41. The number of ether oxygens (including phenoxy) is 1. The number of carboxylic acid groups (broad SMARTS) is 1. The first-order valence-corrected chi connectivity index (χ1v) is 8.43. The van der Waals surface area contributed by atoms with Crippen LogP contribution in [0.25, 0.3) is 0 Å². The average molecular weight is 337 g/mol. The number of carbonyl (C=O) groups excluding carboxylic acids is 1. The third-order valence-corrected chi connectivity index (χ3v) is 5.17. The van der Waals surface area contributed by atoms with Gasteiger partial charge in [0.2, 0.25) is 5.91 Å². The Kier molecular flexibility index (Phi) is 3.71. The Morgan fingerprint density at radius 2 is 1.56 bits per heavy atom. The summed E-state index contributed by atoms with van der Waals surface area (Å²) in [6.07, 6.45) is 0. The lowest BCUT2D eigenvalue weighted by atomic mass is 9.87. The standard InChI is InChI=1S/C20H19NO4/c1-12-10-21(11-15(12)20(23)24)19(22)18-13-6-2-4-8-16(13)25-17-9-5-3-7-14(17)18/h2-9,12,15,18H,10-11H2,1H3,(H,23,24)/t12-,15-/m1/s1. The second-order valence-electron chi connectivity index (χ2n) is 6.78. The van der Waals surface area contributed by atoms with Crippen LogP contribution in [0.5, 0.6) is 11.5 Å². The van der Waals surface area contributed by atoms with Gasteiger partial charge in [-0.25, -0.2) is 0 Å². The van der Waals surface area contributed by atoms with Crippen molar-refractivity contribution in [2.24, 2.45) is 11.8 Å². The van der Waals surface area contributed by atoms with Gasteiger partial charge in [-0.05, 0) is 18.1 Å². The summed E-state index contributed by atoms with van der Waals surface area (Å²) in [7, 11) is 0. The van der Waals surface area contributed by atoms with Gasteiger partial charge in [-0.1, -0.05) is 43.3 Å². The molecule has 0 bridgehead atoms. The molecule has 0 spiro atoms. The second kappa shape index (κ2) is 5.92. The van der Waals surface area contributed by atoms with Crippen LogP contribution >= 0.6 is 0 Å². The molecule has 1 amide bonds. The van der Waals surface area contributed by atoms with Crippen LogP contribution in [0, 0.1) is 11.8 Å². The predicted octanol–water partition coefficient (Wildman–Crippen LogP) is 3.10. The molecule has 0 aromatic heterocycles. The number of amides is 1. The number of para-hydroxylation sites is 2. The fourth-order valence-electron chi connectivity index (χ4n) is 3.83. The summed E-state index contributed by atoms with van der Waals surface area (Å²) in [6, 6.07) is 15.1. The maximum atomic E-state index is 13.3. The van der Waals surface area contributed by atoms with Crippen molar-refractivity contribution in [3.8, 4) is 11.5 Å². The lowest BCUT2D eigenvalue weighted by Gasteiger charge is -2.30. The number of hydrogen-bond acceptors (Lipinski definition) is 3. The van der Waals surface area contributed by atoms with E-state index in [2.05, 4.69) is 0 Å². The van der Waals surface area contributed by atoms with E-state index in [1.165, 1.54) is 0 Å². The summed E-state index contributed by atoms with van der Waals surface area (Å²) in [5.41, 5.74) is 1.66. The number of fused-ring (bicyclic) bond motifs is 2. The quantitative estimate of drug-likeness (QED) is 0.914. The molecule has 128 valence electrons. The molecule has 2 aromatic carbocycles. The maximum Gasteiger partial charge on any atom is 0.308 e. The minimum atomic E-state index is -0.837. The average Bonchev–Trinajstić information content (AvgIpc) is 3.01. The van der Waals surface area contributed by atoms with Crippen molar-refractivity contribution in [3.63, 3.8) is 0 Å². The molecule has 1 N–H and O–H groups in total. The molecule has 5 heteroatoms. The molecule has 2 aliphatic heterocycles. The molecule has 0 aliphatic carbocycles. The van der Waals surface area contributed by atoms with Crippen LogP contribution < -0.4 is 4.74 Å². The third kappa shape index (κ3) is 2.56. The summed E-state index contributed by atoms with van der Waals surface area (Å²) >= 11 is 0. The summed E-state index contributed by atoms with van der Waals surface area (Å²) in [6.45, 7) is 2.62. The Morgan fingerprint density at radius 3 is 2.08 bits per heavy atom. The molecule has 2 atom stereocenters. The molecule has 2 aliphatic rings. The number of rotatable bonds is 2. The summed E-state index contributed by atoms with van der Waals surface area (Å²) in [5, 5.41) is 9.35. The summed E-state index contributed by atoms with van der Waals surface area (Å²) in [5.74, 6) is -0.542. The van der Waals surface area contributed by atoms with E-state index in [9.17, 15) is 14.7 Å². The minimum Gasteiger partial charge on any atom is -0.481 e. The van der Waals surface area contributed by atoms with Gasteiger partial charge < -0.3 is 14.7 Å². The van der Waals surface area contributed by atoms with E-state index in [4.69, 9.17) is 4.74 Å². The van der Waals surface area contributed by atoms with Crippen LogP contribution in [-0.2, 0) is 9.59 Å². The van der Waals surface area contributed by atoms with E-state index in [0.717, 1.165) is 11.1 Å². The van der Waals surface area contributed by atoms with E-state index in [-0.39, 0.29) is 18.4 Å². The zero-order valence-corrected chi connectivity index (χ0v) is 13.9. The molecule has 2 heterocycles. The number of benzene rings is 2. The minimum absolute atomic E-state index is 0.0493. The van der Waals surface area contributed by atoms with Crippen molar-refractivity contribution >= 4 is 11.9 Å². The van der Waals surface area contributed by atoms with E-state index >= 15 is 0 Å². The van der Waals surface area contributed by atoms with Gasteiger partial charge in [0.25, 0.3) is 0 Å². The smallest absolute Gasteiger partial charge is 0.308 e. The molecule has 2 aromatic rings. The molecule has 0 radical (unpaired) electrons. The highest BCUT2D eigenvalue weighted by Crippen LogP contribution is 2.45. The molecule has 5 nitrogen and oxygen atoms in total. The Morgan fingerprint density at radius 1 is 1.00 bits per heavy atom. The molecular formula is C20H19NO4. The van der Waals surface area contributed by atoms with Crippen LogP contribution in [0.3, 0.4) is 0 Å². The fourth-order valence-corrected chi connectivity index (χ4v) is 3.83. The largest absolute Gasteiger partial charge is 0.481 e. The van der Waals surface area contributed by atoms with E-state index in [1.807, 2.05) is 55.5 Å². The first-order valence-electron chi connectivity index (χ1n) is 8.43. The predicted molar refractivity (Wildman–Crippen MR) is 91.7 cm³/mol. The molecule has 25 heavy (non-hydrogen) atoms. The van der Waals surface area contributed by atoms with Crippen molar-refractivity contribution in [2.75, 3.05) is 13.1 Å². The van der Waals surface area contributed by atoms with Crippen molar-refractivity contribution in [3.05, 3.63) is 59.7 Å². The van der Waals surface area contributed by atoms with Gasteiger partial charge in [0.1, 0.15) is 11.5 Å². The van der Waals surface area contributed by atoms with Crippen LogP contribution in [0.1, 0.15) is 24.0 Å². The van der Waals surface area contributed by atoms with Crippen molar-refractivity contribution in [1.82, 2.24) is 4.90 Å². The normalized spacial score (nSPS) is 22.0. The summed E-state index contributed by atoms with van der Waals surface area (Å²) < 4.78 is 5.94. The lowest BCUT2D eigenvalue weighted by Crippen LogP contribution is -2.35. The van der Waals surface area contributed by atoms with Crippen LogP contribution in [0.15, 0.2) is 48.5 Å². The van der Waals surface area contributed by atoms with Crippen LogP contribution in [0.4, 0.5) is 0 Å². The van der Waals surface area contributed by atoms with Gasteiger partial charge in [0, 0.05) is 24.2 Å². The number of carbonyl (C=O) groups is 2. The number of aliphatic carboxylic acids is 1. The van der Waals surface area contributed by atoms with Gasteiger partial charge in [-0.3, -0.25) is 9.59 Å². The Hall–Kier alpha value is -2.82. The first-order chi connectivity index (χ1) is 12.1. The number of hydrogen-bond donors (Lipinski definition) is 1. The molecule has 1 saturated heterocycles. The van der Waals surface area contributed by atoms with Gasteiger partial charge in [0.15, 0.2) is 0 Å². The Labute approximate surface area is 145 Å². The zero-order valence-electron chi connectivity index (χ0n) is 13.9. The van der Waals surface area contributed by atoms with Crippen molar-refractivity contribution in [2.45, 2.75) is 12.8 Å². The van der Waals surface area contributed by atoms with Gasteiger partial charge in [-0.15, -0.1) is 0 Å². The lowest BCUT2D eigenvalue weighted by molar-refractivity contribution is -0.142. The molecular weight excluding hydrogens is 318 g/mol. The SMILES string of the molecule is C[C@@H]1CN(C(=O)C2c3ccccc3Oc3ccccc32)C[C@H]1C(=O)O. The highest BCUT2D eigenvalue weighted by atomic mass is 16.5. The Balaban J connectivity index is 1.73. The second-order valence-corrected chi connectivity index (χ2v) is 6.78. The molecule has 4 rings (SSSR count). The van der Waals surface area contributed by atoms with E-state index in [1.54, 1.807) is 4.90 Å². The summed E-state index contributed by atoms with van der Waals surface area (Å²) in [4.78, 5) is 26.4. The number of likely N-dealkylation sites (tertiary alicyclic amines) is 1. The molecule has 0 saturated carbocycles. The van der Waals surface area contributed by atoms with Gasteiger partial charge in [0.05, 0.1) is 11.8 Å². The molecule has 1 fully saturated rings. The first kappa shape index (κ1) is 15.7. The third-order valence-electron chi connectivity index (χ3n) is 5.17. The Bertz CT molecular complexity index is 802. The van der Waals surface area contributed by atoms with Crippen molar-refractivity contribution < 1.29 is 19.4 Å². The zero-order chi connectivity index (χ0) is 17.6. The highest BCUT2D eigenvalue weighted by molar-refractivity contribution is 5.90. The topological polar surface area (TPSA) is 66.8 Å². The van der Waals surface area contributed by atoms with Crippen LogP contribution in [0.2, 0.25) is 0 Å². The van der Waals surface area contributed by atoms with Gasteiger partial charge in [-0.2, -0.15) is 0 Å². The van der Waals surface area contributed by atoms with E-state index in [0.29, 0.717) is 18.0 Å². The maximum absolute atomic E-state index is 13.3. The van der Waals surface area contributed by atoms with Crippen molar-refractivity contribution in [1.29, 1.82) is 0 Å². The van der Waals surface area contributed by atoms with Crippen LogP contribution in [-0.4, -0.2) is 35.0 Å².